The largest absolute Gasteiger partial charge is 0.396 e. The Morgan fingerprint density at radius 1 is 0.857 bits per heavy atom. The molecule has 86 valence electrons. The predicted octanol–water partition coefficient (Wildman–Crippen LogP) is 2.71. The highest BCUT2D eigenvalue weighted by Crippen LogP contribution is 2.05. The van der Waals surface area contributed by atoms with E-state index in [1.54, 1.807) is 0 Å². The third-order valence-corrected chi connectivity index (χ3v) is 2.24. The van der Waals surface area contributed by atoms with Crippen molar-refractivity contribution in [1.82, 2.24) is 5.32 Å². The summed E-state index contributed by atoms with van der Waals surface area (Å²) in [4.78, 5) is 0. The standard InChI is InChI=1S/C12H27NO/c1-12(2,3)13-10-8-6-4-5-7-9-11-14/h13-14H,4-11H2,1-3H3. The first-order valence-corrected chi connectivity index (χ1v) is 5.92. The second-order valence-electron chi connectivity index (χ2n) is 5.02. The van der Waals surface area contributed by atoms with Crippen molar-refractivity contribution in [2.24, 2.45) is 0 Å². The molecule has 0 aromatic carbocycles. The Labute approximate surface area is 89.1 Å². The predicted molar refractivity (Wildman–Crippen MR) is 62.5 cm³/mol. The van der Waals surface area contributed by atoms with Gasteiger partial charge in [0, 0.05) is 12.1 Å². The van der Waals surface area contributed by atoms with E-state index >= 15 is 0 Å². The maximum Gasteiger partial charge on any atom is 0.0431 e. The molecule has 0 atom stereocenters. The van der Waals surface area contributed by atoms with Crippen molar-refractivity contribution >= 4 is 0 Å². The van der Waals surface area contributed by atoms with Gasteiger partial charge in [0.25, 0.3) is 0 Å². The highest BCUT2D eigenvalue weighted by atomic mass is 16.2. The fourth-order valence-corrected chi connectivity index (χ4v) is 1.41. The van der Waals surface area contributed by atoms with Gasteiger partial charge in [0.2, 0.25) is 0 Å². The molecule has 0 aliphatic rings. The molecule has 0 aliphatic heterocycles. The molecule has 0 aliphatic carbocycles. The van der Waals surface area contributed by atoms with Crippen molar-refractivity contribution in [3.8, 4) is 0 Å². The van der Waals surface area contributed by atoms with Crippen molar-refractivity contribution in [2.75, 3.05) is 13.2 Å². The molecule has 0 saturated carbocycles. The molecule has 14 heavy (non-hydrogen) atoms. The summed E-state index contributed by atoms with van der Waals surface area (Å²) in [6.45, 7) is 8.09. The van der Waals surface area contributed by atoms with Crippen LogP contribution in [0.3, 0.4) is 0 Å². The van der Waals surface area contributed by atoms with E-state index in [0.717, 1.165) is 13.0 Å². The maximum absolute atomic E-state index is 8.59. The molecule has 0 radical (unpaired) electrons. The van der Waals surface area contributed by atoms with Gasteiger partial charge in [-0.05, 0) is 40.2 Å². The number of nitrogens with one attached hydrogen (secondary N) is 1. The summed E-state index contributed by atoms with van der Waals surface area (Å²) < 4.78 is 0. The van der Waals surface area contributed by atoms with Crippen LogP contribution in [-0.2, 0) is 0 Å². The first-order valence-electron chi connectivity index (χ1n) is 5.92. The third kappa shape index (κ3) is 11.9. The molecule has 0 spiro atoms. The lowest BCUT2D eigenvalue weighted by Gasteiger charge is -2.20. The molecule has 2 nitrogen and oxygen atoms in total. The van der Waals surface area contributed by atoms with E-state index in [1.165, 1.54) is 32.1 Å². The molecule has 0 saturated heterocycles. The number of aliphatic hydroxyl groups is 1. The Morgan fingerprint density at radius 2 is 1.36 bits per heavy atom. The van der Waals surface area contributed by atoms with Gasteiger partial charge in [0.05, 0.1) is 0 Å². The summed E-state index contributed by atoms with van der Waals surface area (Å²) in [5, 5.41) is 12.1. The van der Waals surface area contributed by atoms with E-state index in [4.69, 9.17) is 5.11 Å². The van der Waals surface area contributed by atoms with Gasteiger partial charge in [0.1, 0.15) is 0 Å². The lowest BCUT2D eigenvalue weighted by Crippen LogP contribution is -2.36. The van der Waals surface area contributed by atoms with Crippen LogP contribution in [0.2, 0.25) is 0 Å². The van der Waals surface area contributed by atoms with Crippen LogP contribution in [0.25, 0.3) is 0 Å². The van der Waals surface area contributed by atoms with E-state index in [9.17, 15) is 0 Å². The van der Waals surface area contributed by atoms with Gasteiger partial charge in [-0.2, -0.15) is 0 Å². The Kier molecular flexibility index (Phi) is 8.20. The minimum absolute atomic E-state index is 0.261. The number of aliphatic hydroxyl groups excluding tert-OH is 1. The first-order chi connectivity index (χ1) is 6.56. The Bertz CT molecular complexity index is 118. The molecule has 0 aromatic heterocycles. The molecule has 2 heteroatoms. The lowest BCUT2D eigenvalue weighted by atomic mass is 10.1. The first kappa shape index (κ1) is 13.9. The maximum atomic E-state index is 8.59. The fourth-order valence-electron chi connectivity index (χ4n) is 1.41. The van der Waals surface area contributed by atoms with Gasteiger partial charge in [0.15, 0.2) is 0 Å². The van der Waals surface area contributed by atoms with Crippen molar-refractivity contribution in [3.05, 3.63) is 0 Å². The molecule has 0 amide bonds. The van der Waals surface area contributed by atoms with Gasteiger partial charge in [-0.15, -0.1) is 0 Å². The van der Waals surface area contributed by atoms with Gasteiger partial charge < -0.3 is 10.4 Å². The molecule has 0 fully saturated rings. The lowest BCUT2D eigenvalue weighted by molar-refractivity contribution is 0.282. The molecule has 0 heterocycles. The van der Waals surface area contributed by atoms with Crippen molar-refractivity contribution in [2.45, 2.75) is 64.8 Å². The van der Waals surface area contributed by atoms with Crippen LogP contribution in [0, 0.1) is 0 Å². The minimum Gasteiger partial charge on any atom is -0.396 e. The van der Waals surface area contributed by atoms with E-state index in [1.807, 2.05) is 0 Å². The van der Waals surface area contributed by atoms with Crippen LogP contribution in [0.4, 0.5) is 0 Å². The SMILES string of the molecule is CC(C)(C)NCCCCCCCCO. The molecular formula is C12H27NO. The minimum atomic E-state index is 0.261. The smallest absolute Gasteiger partial charge is 0.0431 e. The average molecular weight is 201 g/mol. The van der Waals surface area contributed by atoms with Gasteiger partial charge in [-0.3, -0.25) is 0 Å². The molecule has 0 rings (SSSR count). The zero-order chi connectivity index (χ0) is 10.9. The Hall–Kier alpha value is -0.0800. The van der Waals surface area contributed by atoms with Gasteiger partial charge in [-0.25, -0.2) is 0 Å². The summed E-state index contributed by atoms with van der Waals surface area (Å²) in [5.74, 6) is 0. The average Bonchev–Trinajstić information content (AvgIpc) is 2.08. The molecule has 2 N–H and O–H groups in total. The monoisotopic (exact) mass is 201 g/mol. The zero-order valence-electron chi connectivity index (χ0n) is 10.1. The quantitative estimate of drug-likeness (QED) is 0.592. The second-order valence-corrected chi connectivity index (χ2v) is 5.02. The fraction of sp³-hybridized carbons (Fsp3) is 1.00. The van der Waals surface area contributed by atoms with Crippen LogP contribution in [0.15, 0.2) is 0 Å². The van der Waals surface area contributed by atoms with Gasteiger partial charge >= 0.3 is 0 Å². The topological polar surface area (TPSA) is 32.3 Å². The van der Waals surface area contributed by atoms with Crippen molar-refractivity contribution < 1.29 is 5.11 Å². The summed E-state index contributed by atoms with van der Waals surface area (Å²) in [6, 6.07) is 0. The summed E-state index contributed by atoms with van der Waals surface area (Å²) in [7, 11) is 0. The van der Waals surface area contributed by atoms with Crippen LogP contribution >= 0.6 is 0 Å². The zero-order valence-corrected chi connectivity index (χ0v) is 10.1. The number of hydrogen-bond acceptors (Lipinski definition) is 2. The normalized spacial score (nSPS) is 12.0. The Balaban J connectivity index is 2.99. The number of rotatable bonds is 8. The summed E-state index contributed by atoms with van der Waals surface area (Å²) >= 11 is 0. The van der Waals surface area contributed by atoms with Gasteiger partial charge in [-0.1, -0.05) is 25.7 Å². The summed E-state index contributed by atoms with van der Waals surface area (Å²) in [6.07, 6.45) is 7.33. The van der Waals surface area contributed by atoms with Crippen LogP contribution in [-0.4, -0.2) is 23.8 Å². The van der Waals surface area contributed by atoms with Crippen LogP contribution in [0.1, 0.15) is 59.3 Å². The van der Waals surface area contributed by atoms with Crippen LogP contribution < -0.4 is 5.32 Å². The van der Waals surface area contributed by atoms with E-state index in [2.05, 4.69) is 26.1 Å². The summed E-state index contributed by atoms with van der Waals surface area (Å²) in [5.41, 5.74) is 0.261. The van der Waals surface area contributed by atoms with E-state index < -0.39 is 0 Å². The van der Waals surface area contributed by atoms with E-state index in [-0.39, 0.29) is 5.54 Å². The van der Waals surface area contributed by atoms with E-state index in [0.29, 0.717) is 6.61 Å². The second kappa shape index (κ2) is 8.25. The molecular weight excluding hydrogens is 174 g/mol. The third-order valence-electron chi connectivity index (χ3n) is 2.24. The highest BCUT2D eigenvalue weighted by Gasteiger charge is 2.06. The Morgan fingerprint density at radius 3 is 1.86 bits per heavy atom. The molecule has 0 bridgehead atoms. The number of unbranched alkanes of at least 4 members (excludes halogenated alkanes) is 5. The van der Waals surface area contributed by atoms with Crippen molar-refractivity contribution in [3.63, 3.8) is 0 Å². The highest BCUT2D eigenvalue weighted by molar-refractivity contribution is 4.69. The van der Waals surface area contributed by atoms with Crippen molar-refractivity contribution in [1.29, 1.82) is 0 Å². The molecule has 0 aromatic rings. The van der Waals surface area contributed by atoms with Crippen LogP contribution in [0.5, 0.6) is 0 Å². The number of hydrogen-bond donors (Lipinski definition) is 2. The molecule has 0 unspecified atom stereocenters.